The van der Waals surface area contributed by atoms with Gasteiger partial charge in [-0.2, -0.15) is 0 Å². The molecule has 6 aromatic rings. The molecule has 8 rings (SSSR count). The van der Waals surface area contributed by atoms with Gasteiger partial charge in [0.1, 0.15) is 0 Å². The summed E-state index contributed by atoms with van der Waals surface area (Å²) in [5, 5.41) is 3.97. The Kier molecular flexibility index (Phi) is 7.69. The van der Waals surface area contributed by atoms with Gasteiger partial charge in [-0.1, -0.05) is 30.3 Å². The van der Waals surface area contributed by atoms with Crippen molar-refractivity contribution in [3.8, 4) is 10.4 Å². The van der Waals surface area contributed by atoms with Crippen molar-refractivity contribution in [2.75, 3.05) is 5.73 Å². The van der Waals surface area contributed by atoms with Crippen molar-refractivity contribution in [2.45, 2.75) is 13.8 Å². The minimum absolute atomic E-state index is 0.448. The van der Waals surface area contributed by atoms with E-state index in [1.165, 1.54) is 8.96 Å². The van der Waals surface area contributed by atoms with Crippen LogP contribution in [0.5, 0.6) is 0 Å². The molecule has 2 aliphatic rings. The van der Waals surface area contributed by atoms with E-state index in [-0.39, 0.29) is 0 Å². The zero-order valence-corrected chi connectivity index (χ0v) is 28.4. The molecule has 0 fully saturated rings. The summed E-state index contributed by atoms with van der Waals surface area (Å²) in [6.45, 7) is -0.498. The van der Waals surface area contributed by atoms with Gasteiger partial charge in [-0.05, 0) is 108 Å². The molecule has 7 heterocycles. The largest absolute Gasteiger partial charge is 0.737 e. The van der Waals surface area contributed by atoms with E-state index in [0.29, 0.717) is 28.5 Å². The van der Waals surface area contributed by atoms with Crippen molar-refractivity contribution in [1.82, 2.24) is 14.4 Å². The van der Waals surface area contributed by atoms with Gasteiger partial charge in [-0.25, -0.2) is 0 Å². The number of anilines is 1. The van der Waals surface area contributed by atoms with Crippen LogP contribution in [0.1, 0.15) is 45.4 Å². The summed E-state index contributed by atoms with van der Waals surface area (Å²) in [5.41, 5.74) is 15.1. The summed E-state index contributed by atoms with van der Waals surface area (Å²) in [7, 11) is 0. The molecule has 0 bridgehead atoms. The number of pyridine rings is 2. The Bertz CT molecular complexity index is 2350. The molecule has 0 atom stereocenters. The number of benzene rings is 1. The highest BCUT2D eigenvalue weighted by molar-refractivity contribution is 7.13. The van der Waals surface area contributed by atoms with Gasteiger partial charge in [0.15, 0.2) is 11.4 Å². The molecule has 0 saturated carbocycles. The molecule has 0 unspecified atom stereocenters. The number of hydrogen-bond acceptors (Lipinski definition) is 5. The summed E-state index contributed by atoms with van der Waals surface area (Å²) < 4.78 is 38.7. The Labute approximate surface area is 291 Å². The Morgan fingerprint density at radius 3 is 1.92 bits per heavy atom. The summed E-state index contributed by atoms with van der Waals surface area (Å²) in [5.74, 6) is 0. The smallest absolute Gasteiger partial charge is 0.399 e. The van der Waals surface area contributed by atoms with Gasteiger partial charge in [0.2, 0.25) is 0 Å². The fraction of sp³-hybridized carbons (Fsp3) is 0.0513. The summed E-state index contributed by atoms with van der Waals surface area (Å²) >= 11 is 3.09. The fourth-order valence-corrected chi connectivity index (χ4v) is 8.64. The molecule has 2 aliphatic heterocycles. The lowest BCUT2D eigenvalue weighted by Gasteiger charge is -2.34. The molecule has 0 spiro atoms. The number of nitrogens with zero attached hydrogens (tertiary/aromatic N) is 4. The lowest BCUT2D eigenvalue weighted by molar-refractivity contribution is -0.361. The van der Waals surface area contributed by atoms with Gasteiger partial charge in [0.05, 0.1) is 11.1 Å². The fourth-order valence-electron chi connectivity index (χ4n) is 6.97. The molecule has 5 nitrogen and oxygen atoms in total. The molecule has 5 aromatic heterocycles. The predicted octanol–water partition coefficient (Wildman–Crippen LogP) is 9.78. The molecule has 240 valence electrons. The van der Waals surface area contributed by atoms with Gasteiger partial charge in [0.25, 0.3) is 0 Å². The highest BCUT2D eigenvalue weighted by Crippen LogP contribution is 2.51. The Hall–Kier alpha value is -5.45. The molecular formula is C39H30BF2N5S2. The van der Waals surface area contributed by atoms with Crippen LogP contribution in [0.25, 0.3) is 39.8 Å². The maximum atomic E-state index is 18.1. The van der Waals surface area contributed by atoms with Crippen LogP contribution in [-0.4, -0.2) is 31.6 Å². The Balaban J connectivity index is 1.51. The summed E-state index contributed by atoms with van der Waals surface area (Å²) in [4.78, 5) is 10.1. The van der Waals surface area contributed by atoms with Crippen molar-refractivity contribution in [3.05, 3.63) is 164 Å². The number of nitrogens with two attached hydrogens (primary N) is 1. The Morgan fingerprint density at radius 2 is 1.33 bits per heavy atom. The molecule has 0 saturated heterocycles. The molecule has 0 amide bonds. The van der Waals surface area contributed by atoms with Gasteiger partial charge in [-0.3, -0.25) is 9.97 Å². The van der Waals surface area contributed by atoms with Crippen LogP contribution in [0.15, 0.2) is 126 Å². The van der Waals surface area contributed by atoms with Crippen molar-refractivity contribution >= 4 is 70.4 Å². The molecule has 1 aromatic carbocycles. The normalized spacial score (nSPS) is 15.6. The second-order valence-electron chi connectivity index (χ2n) is 12.0. The number of fused-ring (bicyclic) bond motifs is 2. The second kappa shape index (κ2) is 12.2. The highest BCUT2D eigenvalue weighted by Gasteiger charge is 2.58. The SMILES string of the molecule is CC1=C(c2cccs2)C(/C=C/c2ccncc2)=[N+]2C1=C(c1ccc(N)cc1)c1c(C)c(-c3cccs3)c(/C=C/c3ccncc3)n1[B-]2(F)F. The average molecular weight is 682 g/mol. The number of halogens is 2. The van der Waals surface area contributed by atoms with E-state index in [1.54, 1.807) is 47.5 Å². The van der Waals surface area contributed by atoms with Crippen molar-refractivity contribution in [3.63, 3.8) is 0 Å². The van der Waals surface area contributed by atoms with Crippen molar-refractivity contribution < 1.29 is 13.1 Å². The van der Waals surface area contributed by atoms with Crippen molar-refractivity contribution in [1.29, 1.82) is 0 Å². The average Bonchev–Trinajstić information content (AvgIpc) is 3.92. The lowest BCUT2D eigenvalue weighted by atomic mass is 9.83. The minimum Gasteiger partial charge on any atom is -0.399 e. The summed E-state index contributed by atoms with van der Waals surface area (Å²) in [6, 6.07) is 22.9. The third-order valence-electron chi connectivity index (χ3n) is 9.08. The van der Waals surface area contributed by atoms with E-state index in [1.807, 2.05) is 122 Å². The first kappa shape index (κ1) is 30.9. The third-order valence-corrected chi connectivity index (χ3v) is 10.9. The number of allylic oxidation sites excluding steroid dienone is 3. The quantitative estimate of drug-likeness (QED) is 0.135. The van der Waals surface area contributed by atoms with E-state index in [9.17, 15) is 0 Å². The minimum atomic E-state index is -4.43. The van der Waals surface area contributed by atoms with E-state index in [4.69, 9.17) is 5.73 Å². The van der Waals surface area contributed by atoms with Crippen LogP contribution < -0.4 is 5.73 Å². The highest BCUT2D eigenvalue weighted by atomic mass is 32.1. The van der Waals surface area contributed by atoms with Crippen LogP contribution in [0.2, 0.25) is 0 Å². The molecule has 49 heavy (non-hydrogen) atoms. The van der Waals surface area contributed by atoms with E-state index >= 15 is 8.63 Å². The number of rotatable bonds is 7. The second-order valence-corrected chi connectivity index (χ2v) is 13.9. The molecule has 2 N–H and O–H groups in total. The zero-order valence-electron chi connectivity index (χ0n) is 26.7. The Morgan fingerprint density at radius 1 is 0.735 bits per heavy atom. The van der Waals surface area contributed by atoms with E-state index < -0.39 is 6.97 Å². The van der Waals surface area contributed by atoms with E-state index in [0.717, 1.165) is 54.3 Å². The van der Waals surface area contributed by atoms with Crippen LogP contribution >= 0.6 is 22.7 Å². The lowest BCUT2D eigenvalue weighted by Crippen LogP contribution is -2.51. The molecule has 10 heteroatoms. The van der Waals surface area contributed by atoms with Crippen LogP contribution in [0.4, 0.5) is 14.3 Å². The van der Waals surface area contributed by atoms with Crippen LogP contribution in [-0.2, 0) is 0 Å². The molecule has 0 aliphatic carbocycles. The predicted molar refractivity (Wildman–Crippen MR) is 201 cm³/mol. The van der Waals surface area contributed by atoms with Crippen LogP contribution in [0, 0.1) is 6.92 Å². The number of aromatic nitrogens is 3. The number of hydrogen-bond donors (Lipinski definition) is 1. The first-order chi connectivity index (χ1) is 23.8. The number of nitrogen functional groups attached to an aromatic ring is 1. The van der Waals surface area contributed by atoms with Gasteiger partial charge < -0.3 is 23.3 Å². The summed E-state index contributed by atoms with van der Waals surface area (Å²) in [6.07, 6.45) is 14.2. The van der Waals surface area contributed by atoms with E-state index in [2.05, 4.69) is 9.97 Å². The van der Waals surface area contributed by atoms with Gasteiger partial charge >= 0.3 is 6.97 Å². The maximum Gasteiger partial charge on any atom is 0.737 e. The molecular weight excluding hydrogens is 651 g/mol. The first-order valence-corrected chi connectivity index (χ1v) is 17.6. The van der Waals surface area contributed by atoms with Gasteiger partial charge in [-0.15, -0.1) is 22.7 Å². The third kappa shape index (κ3) is 5.15. The maximum absolute atomic E-state index is 18.1. The first-order valence-electron chi connectivity index (χ1n) is 15.8. The topological polar surface area (TPSA) is 59.7 Å². The molecule has 0 radical (unpaired) electrons. The van der Waals surface area contributed by atoms with Gasteiger partial charge in [0, 0.05) is 68.8 Å². The van der Waals surface area contributed by atoms with Crippen LogP contribution in [0.3, 0.4) is 0 Å². The van der Waals surface area contributed by atoms with Crippen molar-refractivity contribution in [2.24, 2.45) is 0 Å². The standard InChI is InChI=1S/C39H30BF2N5S2/c1-25-35(33-5-3-23-48-33)31(13-7-27-15-19-44-20-16-27)46-38(25)37(29-9-11-30(43)12-10-29)39-26(2)36(34-6-4-24-49-34)32(47(39)40(46,41)42)14-8-28-17-21-45-22-18-28/h3-24H,43H2,1-2H3/b13-7+,14-8+. The zero-order chi connectivity index (χ0) is 33.7. The monoisotopic (exact) mass is 681 g/mol. The number of thiophene rings is 2.